The maximum absolute atomic E-state index is 15.9. The fourth-order valence-electron chi connectivity index (χ4n) is 11.2. The van der Waals surface area contributed by atoms with E-state index in [1.165, 1.54) is 11.0 Å². The molecular formula is C46H54FN9O6. The first-order valence-corrected chi connectivity index (χ1v) is 21.5. The molecule has 15 nitrogen and oxygen atoms in total. The maximum atomic E-state index is 15.9. The zero-order valence-electron chi connectivity index (χ0n) is 36.5. The van der Waals surface area contributed by atoms with Crippen LogP contribution in [0.3, 0.4) is 0 Å². The number of aromatic nitrogens is 2. The fourth-order valence-corrected chi connectivity index (χ4v) is 11.2. The number of hydrogen-bond donors (Lipinski definition) is 1. The smallest absolute Gasteiger partial charge is 0.262 e. The highest BCUT2D eigenvalue weighted by molar-refractivity contribution is 6.24. The molecule has 16 heteroatoms. The summed E-state index contributed by atoms with van der Waals surface area (Å²) < 4.78 is 22.4. The van der Waals surface area contributed by atoms with E-state index < -0.39 is 58.5 Å². The minimum absolute atomic E-state index is 0.0227. The van der Waals surface area contributed by atoms with E-state index >= 15 is 4.39 Å². The monoisotopic (exact) mass is 847 g/mol. The molecule has 5 heterocycles. The number of nitriles is 1. The molecule has 5 aliphatic rings. The summed E-state index contributed by atoms with van der Waals surface area (Å²) in [5.74, 6) is -1.94. The number of piperidine rings is 2. The lowest BCUT2D eigenvalue weighted by atomic mass is 9.48. The number of imide groups is 2. The number of carbonyl (C=O) groups is 5. The molecule has 8 rings (SSSR count). The van der Waals surface area contributed by atoms with Crippen molar-refractivity contribution in [3.63, 3.8) is 0 Å². The van der Waals surface area contributed by atoms with E-state index in [2.05, 4.69) is 25.8 Å². The number of halogens is 1. The summed E-state index contributed by atoms with van der Waals surface area (Å²) >= 11 is 0. The summed E-state index contributed by atoms with van der Waals surface area (Å²) in [6.07, 6.45) is 1.41. The second kappa shape index (κ2) is 15.7. The highest BCUT2D eigenvalue weighted by atomic mass is 19.1. The molecular weight excluding hydrogens is 794 g/mol. The van der Waals surface area contributed by atoms with Gasteiger partial charge in [-0.3, -0.25) is 38.7 Å². The average molecular weight is 848 g/mol. The van der Waals surface area contributed by atoms with Crippen LogP contribution in [0.15, 0.2) is 30.3 Å². The van der Waals surface area contributed by atoms with Gasteiger partial charge in [0.05, 0.1) is 51.4 Å². The topological polar surface area (TPSA) is 186 Å². The van der Waals surface area contributed by atoms with Gasteiger partial charge in [0, 0.05) is 63.1 Å². The number of anilines is 2. The van der Waals surface area contributed by atoms with E-state index in [0.717, 1.165) is 49.0 Å². The van der Waals surface area contributed by atoms with Crippen LogP contribution in [-0.2, 0) is 9.59 Å². The van der Waals surface area contributed by atoms with Crippen LogP contribution >= 0.6 is 0 Å². The van der Waals surface area contributed by atoms with Gasteiger partial charge in [0.25, 0.3) is 23.6 Å². The van der Waals surface area contributed by atoms with Gasteiger partial charge in [0.2, 0.25) is 11.9 Å². The molecule has 4 fully saturated rings. The van der Waals surface area contributed by atoms with Gasteiger partial charge >= 0.3 is 0 Å². The molecule has 5 amide bonds. The lowest BCUT2D eigenvalue weighted by molar-refractivity contribution is -0.216. The van der Waals surface area contributed by atoms with Gasteiger partial charge in [-0.1, -0.05) is 27.7 Å². The zero-order valence-corrected chi connectivity index (χ0v) is 36.5. The first kappa shape index (κ1) is 42.7. The summed E-state index contributed by atoms with van der Waals surface area (Å²) in [5, 5.41) is 9.37. The van der Waals surface area contributed by atoms with Gasteiger partial charge in [0.1, 0.15) is 23.7 Å². The first-order chi connectivity index (χ1) is 29.3. The Labute approximate surface area is 361 Å². The van der Waals surface area contributed by atoms with E-state index in [4.69, 9.17) is 10.5 Å². The molecule has 2 N–H and O–H groups in total. The van der Waals surface area contributed by atoms with E-state index in [9.17, 15) is 29.2 Å². The minimum Gasteiger partial charge on any atom is -0.489 e. The molecule has 3 aromatic rings. The van der Waals surface area contributed by atoms with E-state index in [0.29, 0.717) is 66.3 Å². The van der Waals surface area contributed by atoms with E-state index in [1.54, 1.807) is 32.0 Å². The predicted octanol–water partition coefficient (Wildman–Crippen LogP) is 4.55. The number of fused-ring (bicyclic) bond motifs is 1. The summed E-state index contributed by atoms with van der Waals surface area (Å²) in [6, 6.07) is 8.11. The Hall–Kier alpha value is -5.95. The van der Waals surface area contributed by atoms with Gasteiger partial charge in [-0.05, 0) is 81.8 Å². The van der Waals surface area contributed by atoms with Crippen molar-refractivity contribution in [1.29, 1.82) is 5.26 Å². The molecule has 326 valence electrons. The Kier molecular flexibility index (Phi) is 10.9. The van der Waals surface area contributed by atoms with Gasteiger partial charge in [-0.15, -0.1) is 0 Å². The van der Waals surface area contributed by atoms with Crippen LogP contribution in [-0.4, -0.2) is 118 Å². The number of piperazine rings is 1. The Bertz CT molecular complexity index is 2390. The summed E-state index contributed by atoms with van der Waals surface area (Å²) in [6.45, 7) is 18.0. The predicted molar refractivity (Wildman–Crippen MR) is 227 cm³/mol. The molecule has 1 atom stereocenters. The van der Waals surface area contributed by atoms with Gasteiger partial charge in [0.15, 0.2) is 0 Å². The number of ether oxygens (including phenoxy) is 1. The number of carbonyl (C=O) groups excluding carboxylic acids is 5. The molecule has 3 saturated heterocycles. The lowest BCUT2D eigenvalue weighted by Crippen LogP contribution is -2.77. The molecule has 4 aliphatic heterocycles. The number of hydrogen-bond acceptors (Lipinski definition) is 12. The highest BCUT2D eigenvalue weighted by Gasteiger charge is 2.68. The summed E-state index contributed by atoms with van der Waals surface area (Å²) in [5.41, 5.74) is 7.11. The van der Waals surface area contributed by atoms with Crippen LogP contribution in [0.5, 0.6) is 5.75 Å². The van der Waals surface area contributed by atoms with Crippen molar-refractivity contribution in [2.75, 3.05) is 55.6 Å². The number of nitrogens with two attached hydrogens (primary N) is 1. The van der Waals surface area contributed by atoms with Crippen LogP contribution in [0.2, 0.25) is 0 Å². The van der Waals surface area contributed by atoms with Crippen molar-refractivity contribution in [2.45, 2.75) is 92.3 Å². The normalized spacial score (nSPS) is 24.0. The number of primary amides is 1. The molecule has 1 unspecified atom stereocenters. The molecule has 1 saturated carbocycles. The molecule has 1 aliphatic carbocycles. The Morgan fingerprint density at radius 2 is 1.47 bits per heavy atom. The number of aryl methyl sites for hydroxylation is 3. The van der Waals surface area contributed by atoms with Crippen molar-refractivity contribution in [1.82, 2.24) is 24.7 Å². The molecule has 0 bridgehead atoms. The Morgan fingerprint density at radius 3 is 2.05 bits per heavy atom. The van der Waals surface area contributed by atoms with E-state index in [-0.39, 0.29) is 35.6 Å². The van der Waals surface area contributed by atoms with Gasteiger partial charge in [-0.25, -0.2) is 14.4 Å². The van der Waals surface area contributed by atoms with Crippen LogP contribution in [0.1, 0.15) is 107 Å². The summed E-state index contributed by atoms with van der Waals surface area (Å²) in [7, 11) is 0. The van der Waals surface area contributed by atoms with Crippen molar-refractivity contribution in [3.05, 3.63) is 75.4 Å². The van der Waals surface area contributed by atoms with Crippen molar-refractivity contribution in [2.24, 2.45) is 22.5 Å². The molecule has 0 radical (unpaired) electrons. The first-order valence-electron chi connectivity index (χ1n) is 21.5. The second-order valence-electron chi connectivity index (χ2n) is 18.8. The van der Waals surface area contributed by atoms with Crippen molar-refractivity contribution >= 4 is 41.2 Å². The third-order valence-corrected chi connectivity index (χ3v) is 13.9. The molecule has 2 aromatic carbocycles. The molecule has 1 aromatic heterocycles. The lowest BCUT2D eigenvalue weighted by Gasteiger charge is -2.65. The van der Waals surface area contributed by atoms with E-state index in [1.807, 2.05) is 39.5 Å². The fraction of sp³-hybridized carbons (Fsp3) is 0.522. The SMILES string of the molecule is Cc1cc(OC2C(C)(C)C(N3C(=O)CCC(N4C(=O)c5cc(F)c(N6CCN(CC7CCN(c8nc(C)c(C(N)=O)c(C)n8)CC7)CC6)cc5C4=O)C3=O)C2(C)C)ccc1C#N. The average Bonchev–Trinajstić information content (AvgIpc) is 3.45. The molecule has 62 heavy (non-hydrogen) atoms. The van der Waals surface area contributed by atoms with Crippen molar-refractivity contribution in [3.8, 4) is 11.8 Å². The quantitative estimate of drug-likeness (QED) is 0.297. The number of nitrogens with zero attached hydrogens (tertiary/aromatic N) is 8. The third kappa shape index (κ3) is 7.13. The maximum Gasteiger partial charge on any atom is 0.262 e. The highest BCUT2D eigenvalue weighted by Crippen LogP contribution is 2.58. The Morgan fingerprint density at radius 1 is 0.855 bits per heavy atom. The van der Waals surface area contributed by atoms with Gasteiger partial charge < -0.3 is 20.3 Å². The van der Waals surface area contributed by atoms with Crippen molar-refractivity contribution < 1.29 is 33.1 Å². The standard InChI is InChI=1S/C46H54FN9O6/c1-25-20-30(9-8-29(25)23-48)62-43-45(4,5)42(46(43,6)7)56-36(57)11-10-34(41(56)61)55-39(59)31-21-33(47)35(22-32(31)40(55)60)53-18-16-52(17-19-53)24-28-12-14-54(15-13-28)44-50-26(2)37(38(49)58)27(3)51-44/h8-9,20-22,28,34,42-43H,10-19,24H2,1-7H3,(H2,49,58). The van der Waals surface area contributed by atoms with Crippen LogP contribution in [0.25, 0.3) is 0 Å². The van der Waals surface area contributed by atoms with Crippen LogP contribution in [0.4, 0.5) is 16.0 Å². The zero-order chi connectivity index (χ0) is 44.6. The molecule has 0 spiro atoms. The van der Waals surface area contributed by atoms with Crippen LogP contribution in [0, 0.1) is 54.7 Å². The minimum atomic E-state index is -1.22. The van der Waals surface area contributed by atoms with Crippen LogP contribution < -0.4 is 20.3 Å². The van der Waals surface area contributed by atoms with Gasteiger partial charge in [-0.2, -0.15) is 5.26 Å². The number of likely N-dealkylation sites (tertiary alicyclic amines) is 1. The number of rotatable bonds is 9. The Balaban J connectivity index is 0.900. The summed E-state index contributed by atoms with van der Waals surface area (Å²) in [4.78, 5) is 85.6. The number of benzene rings is 2. The largest absolute Gasteiger partial charge is 0.489 e. The number of amides is 5. The third-order valence-electron chi connectivity index (χ3n) is 13.9. The second-order valence-corrected chi connectivity index (χ2v) is 18.8.